The molecule has 0 spiro atoms. The van der Waals surface area contributed by atoms with Crippen LogP contribution in [0.5, 0.6) is 0 Å². The minimum absolute atomic E-state index is 0.0529. The predicted octanol–water partition coefficient (Wildman–Crippen LogP) is 5.39. The van der Waals surface area contributed by atoms with Crippen molar-refractivity contribution in [3.8, 4) is 16.9 Å². The molecular weight excluding hydrogens is 473 g/mol. The number of amides is 2. The second-order valence-corrected chi connectivity index (χ2v) is 8.42. The van der Waals surface area contributed by atoms with Crippen LogP contribution in [-0.2, 0) is 11.0 Å². The quantitative estimate of drug-likeness (QED) is 0.373. The summed E-state index contributed by atoms with van der Waals surface area (Å²) in [6, 6.07) is 16.8. The summed E-state index contributed by atoms with van der Waals surface area (Å²) in [4.78, 5) is 31.8. The number of benzene rings is 2. The van der Waals surface area contributed by atoms with Gasteiger partial charge in [-0.25, -0.2) is 4.98 Å². The van der Waals surface area contributed by atoms with E-state index in [1.165, 1.54) is 27.9 Å². The molecule has 0 bridgehead atoms. The fourth-order valence-electron chi connectivity index (χ4n) is 3.84. The third kappa shape index (κ3) is 5.02. The van der Waals surface area contributed by atoms with Crippen molar-refractivity contribution in [3.63, 3.8) is 0 Å². The first kappa shape index (κ1) is 23.4. The smallest absolute Gasteiger partial charge is 0.416 e. The minimum atomic E-state index is -4.47. The van der Waals surface area contributed by atoms with E-state index in [0.717, 1.165) is 30.5 Å². The Kier molecular flexibility index (Phi) is 6.09. The minimum Gasteiger partial charge on any atom is -0.459 e. The Balaban J connectivity index is 1.43. The molecule has 4 aromatic rings. The summed E-state index contributed by atoms with van der Waals surface area (Å²) in [5, 5.41) is 2.72. The maximum Gasteiger partial charge on any atom is 0.416 e. The molecule has 184 valence electrons. The van der Waals surface area contributed by atoms with E-state index in [1.807, 2.05) is 30.3 Å². The van der Waals surface area contributed by atoms with Gasteiger partial charge in [-0.3, -0.25) is 19.5 Å². The van der Waals surface area contributed by atoms with Crippen LogP contribution in [0.25, 0.3) is 16.9 Å². The first-order valence-corrected chi connectivity index (χ1v) is 11.3. The molecule has 1 aliphatic rings. The van der Waals surface area contributed by atoms with Crippen molar-refractivity contribution in [2.45, 2.75) is 25.1 Å². The molecule has 2 aromatic carbocycles. The molecule has 1 N–H and O–H groups in total. The molecule has 2 amide bonds. The van der Waals surface area contributed by atoms with Crippen LogP contribution in [-0.4, -0.2) is 38.9 Å². The fraction of sp³-hybridized carbons (Fsp3) is 0.192. The van der Waals surface area contributed by atoms with E-state index in [0.29, 0.717) is 11.4 Å². The number of carbonyl (C=O) groups is 2. The summed E-state index contributed by atoms with van der Waals surface area (Å²) in [6.07, 6.45) is 0.146. The Morgan fingerprint density at radius 3 is 2.36 bits per heavy atom. The molecule has 5 rings (SSSR count). The van der Waals surface area contributed by atoms with Gasteiger partial charge in [-0.05, 0) is 49.2 Å². The van der Waals surface area contributed by atoms with Crippen molar-refractivity contribution in [3.05, 3.63) is 90.5 Å². The van der Waals surface area contributed by atoms with Crippen LogP contribution >= 0.6 is 0 Å². The van der Waals surface area contributed by atoms with E-state index in [4.69, 9.17) is 4.42 Å². The Morgan fingerprint density at radius 2 is 1.75 bits per heavy atom. The van der Waals surface area contributed by atoms with Crippen molar-refractivity contribution in [2.24, 2.45) is 0 Å². The van der Waals surface area contributed by atoms with Crippen molar-refractivity contribution in [2.75, 3.05) is 11.9 Å². The van der Waals surface area contributed by atoms with Gasteiger partial charge in [0.15, 0.2) is 5.76 Å². The molecule has 2 heterocycles. The molecule has 7 nitrogen and oxygen atoms in total. The number of halogens is 3. The Hall–Kier alpha value is -4.34. The van der Waals surface area contributed by atoms with Gasteiger partial charge in [0.1, 0.15) is 6.54 Å². The number of anilines is 1. The first-order chi connectivity index (χ1) is 17.3. The Bertz CT molecular complexity index is 1360. The number of aromatic nitrogens is 2. The molecule has 0 aliphatic heterocycles. The highest BCUT2D eigenvalue weighted by atomic mass is 19.4. The van der Waals surface area contributed by atoms with E-state index >= 15 is 0 Å². The number of hydrogen-bond donors (Lipinski definition) is 1. The van der Waals surface area contributed by atoms with Crippen LogP contribution in [0.1, 0.15) is 29.0 Å². The zero-order chi connectivity index (χ0) is 25.3. The zero-order valence-electron chi connectivity index (χ0n) is 18.9. The summed E-state index contributed by atoms with van der Waals surface area (Å²) in [5.74, 6) is -0.596. The molecule has 0 radical (unpaired) electrons. The van der Waals surface area contributed by atoms with Crippen molar-refractivity contribution < 1.29 is 27.2 Å². The zero-order valence-corrected chi connectivity index (χ0v) is 18.9. The Labute approximate surface area is 204 Å². The molecule has 1 fully saturated rings. The van der Waals surface area contributed by atoms with Gasteiger partial charge in [0.2, 0.25) is 11.9 Å². The van der Waals surface area contributed by atoms with Crippen LogP contribution < -0.4 is 5.32 Å². The van der Waals surface area contributed by atoms with Crippen LogP contribution in [0.3, 0.4) is 0 Å². The summed E-state index contributed by atoms with van der Waals surface area (Å²) >= 11 is 0. The van der Waals surface area contributed by atoms with Gasteiger partial charge in [-0.15, -0.1) is 0 Å². The fourth-order valence-corrected chi connectivity index (χ4v) is 3.84. The number of carbonyl (C=O) groups excluding carboxylic acids is 2. The number of imidazole rings is 1. The molecular formula is C26H21F3N4O3. The second-order valence-electron chi connectivity index (χ2n) is 8.42. The highest BCUT2D eigenvalue weighted by molar-refractivity contribution is 5.98. The van der Waals surface area contributed by atoms with Gasteiger partial charge in [0.05, 0.1) is 17.5 Å². The summed E-state index contributed by atoms with van der Waals surface area (Å²) in [5.41, 5.74) is 0.901. The molecule has 0 unspecified atom stereocenters. The standard InChI is InChI=1S/C26H21F3N4O3/c27-26(28,29)18-8-10-20(11-9-18)33-15-21(17-5-2-1-3-6-17)30-25(33)31-23(34)16-32(19-12-13-19)24(35)22-7-4-14-36-22/h1-11,14-15,19H,12-13,16H2,(H,30,31,34). The number of furan rings is 1. The maximum atomic E-state index is 13.0. The van der Waals surface area contributed by atoms with Crippen LogP contribution in [0.2, 0.25) is 0 Å². The van der Waals surface area contributed by atoms with Crippen LogP contribution in [0.15, 0.2) is 83.6 Å². The van der Waals surface area contributed by atoms with Crippen LogP contribution in [0.4, 0.5) is 19.1 Å². The van der Waals surface area contributed by atoms with Crippen molar-refractivity contribution in [1.82, 2.24) is 14.5 Å². The average Bonchev–Trinajstić information content (AvgIpc) is 3.38. The number of nitrogens with one attached hydrogen (secondary N) is 1. The van der Waals surface area contributed by atoms with Gasteiger partial charge in [-0.1, -0.05) is 30.3 Å². The number of nitrogens with zero attached hydrogens (tertiary/aromatic N) is 3. The van der Waals surface area contributed by atoms with E-state index in [2.05, 4.69) is 10.3 Å². The number of hydrogen-bond acceptors (Lipinski definition) is 4. The molecule has 0 atom stereocenters. The highest BCUT2D eigenvalue weighted by Crippen LogP contribution is 2.31. The molecule has 2 aromatic heterocycles. The van der Waals surface area contributed by atoms with Crippen molar-refractivity contribution in [1.29, 1.82) is 0 Å². The first-order valence-electron chi connectivity index (χ1n) is 11.3. The molecule has 10 heteroatoms. The highest BCUT2D eigenvalue weighted by Gasteiger charge is 2.35. The van der Waals surface area contributed by atoms with Crippen molar-refractivity contribution >= 4 is 17.8 Å². The number of rotatable bonds is 7. The Morgan fingerprint density at radius 1 is 1.03 bits per heavy atom. The number of alkyl halides is 3. The van der Waals surface area contributed by atoms with E-state index in [9.17, 15) is 22.8 Å². The van der Waals surface area contributed by atoms with Gasteiger partial charge in [-0.2, -0.15) is 13.2 Å². The van der Waals surface area contributed by atoms with Gasteiger partial charge in [0.25, 0.3) is 5.91 Å². The maximum absolute atomic E-state index is 13.0. The van der Waals surface area contributed by atoms with Gasteiger partial charge in [0, 0.05) is 23.5 Å². The molecule has 1 aliphatic carbocycles. The SMILES string of the molecule is O=C(CN(C(=O)c1ccco1)C1CC1)Nc1nc(-c2ccccc2)cn1-c1ccc(C(F)(F)F)cc1. The normalized spacial score (nSPS) is 13.4. The van der Waals surface area contributed by atoms with Gasteiger partial charge < -0.3 is 9.32 Å². The third-order valence-corrected chi connectivity index (χ3v) is 5.79. The molecule has 36 heavy (non-hydrogen) atoms. The van der Waals surface area contributed by atoms with Gasteiger partial charge >= 0.3 is 6.18 Å². The predicted molar refractivity (Wildman–Crippen MR) is 125 cm³/mol. The lowest BCUT2D eigenvalue weighted by atomic mass is 10.2. The topological polar surface area (TPSA) is 80.4 Å². The molecule has 0 saturated heterocycles. The van der Waals surface area contributed by atoms with E-state index < -0.39 is 17.6 Å². The lowest BCUT2D eigenvalue weighted by Gasteiger charge is -2.20. The average molecular weight is 494 g/mol. The summed E-state index contributed by atoms with van der Waals surface area (Å²) in [6.45, 7) is -0.218. The lowest BCUT2D eigenvalue weighted by Crippen LogP contribution is -2.39. The summed E-state index contributed by atoms with van der Waals surface area (Å²) in [7, 11) is 0. The van der Waals surface area contributed by atoms with E-state index in [-0.39, 0.29) is 30.2 Å². The van der Waals surface area contributed by atoms with Crippen LogP contribution in [0, 0.1) is 0 Å². The lowest BCUT2D eigenvalue weighted by molar-refractivity contribution is -0.137. The molecule has 1 saturated carbocycles. The third-order valence-electron chi connectivity index (χ3n) is 5.79. The summed E-state index contributed by atoms with van der Waals surface area (Å²) < 4.78 is 45.8. The largest absolute Gasteiger partial charge is 0.459 e. The van der Waals surface area contributed by atoms with E-state index in [1.54, 1.807) is 18.3 Å². The monoisotopic (exact) mass is 494 g/mol. The second kappa shape index (κ2) is 9.37.